The van der Waals surface area contributed by atoms with Gasteiger partial charge in [0.25, 0.3) is 5.91 Å². The second-order valence-electron chi connectivity index (χ2n) is 7.15. The Bertz CT molecular complexity index is 1110. The summed E-state index contributed by atoms with van der Waals surface area (Å²) in [5.74, 6) is -1.04. The number of carbonyl (C=O) groups is 2. The molecule has 2 saturated heterocycles. The summed E-state index contributed by atoms with van der Waals surface area (Å²) < 4.78 is 25.2. The van der Waals surface area contributed by atoms with Gasteiger partial charge in [0.15, 0.2) is 0 Å². The van der Waals surface area contributed by atoms with Crippen LogP contribution >= 0.6 is 23.2 Å². The molecule has 0 unspecified atom stereocenters. The van der Waals surface area contributed by atoms with Crippen LogP contribution in [-0.2, 0) is 14.8 Å². The summed E-state index contributed by atoms with van der Waals surface area (Å²) in [6.45, 7) is 2.30. The highest BCUT2D eigenvalue weighted by molar-refractivity contribution is 7.94. The molecule has 0 aromatic heterocycles. The average molecular weight is 468 g/mol. The van der Waals surface area contributed by atoms with Crippen LogP contribution in [0.3, 0.4) is 0 Å². The Morgan fingerprint density at radius 1 is 0.967 bits per heavy atom. The molecular formula is C20H19Cl2N3O4S. The molecule has 0 radical (unpaired) electrons. The summed E-state index contributed by atoms with van der Waals surface area (Å²) in [5.41, 5.74) is 1.32. The van der Waals surface area contributed by atoms with Crippen molar-refractivity contribution in [1.82, 2.24) is 4.90 Å². The van der Waals surface area contributed by atoms with Crippen molar-refractivity contribution >= 4 is 56.4 Å². The molecule has 0 spiro atoms. The van der Waals surface area contributed by atoms with Crippen LogP contribution < -0.4 is 9.21 Å². The minimum Gasteiger partial charge on any atom is -0.368 e. The van der Waals surface area contributed by atoms with E-state index in [2.05, 4.69) is 4.90 Å². The number of piperazine rings is 1. The van der Waals surface area contributed by atoms with E-state index >= 15 is 0 Å². The summed E-state index contributed by atoms with van der Waals surface area (Å²) in [4.78, 5) is 29.0. The lowest BCUT2D eigenvalue weighted by Crippen LogP contribution is -2.48. The molecule has 0 aliphatic carbocycles. The SMILES string of the molecule is O=C(c1ccc(Cl)c(N2C(=O)CCS2(=O)=O)c1)N1CCN(c2cccc(Cl)c2)CC1. The Morgan fingerprint density at radius 3 is 2.33 bits per heavy atom. The highest BCUT2D eigenvalue weighted by Gasteiger charge is 2.38. The second-order valence-corrected chi connectivity index (χ2v) is 9.93. The molecule has 2 heterocycles. The quantitative estimate of drug-likeness (QED) is 0.692. The minimum absolute atomic E-state index is 0.0302. The zero-order valence-electron chi connectivity index (χ0n) is 15.9. The van der Waals surface area contributed by atoms with Crippen LogP contribution in [0.5, 0.6) is 0 Å². The first kappa shape index (κ1) is 21.0. The summed E-state index contributed by atoms with van der Waals surface area (Å²) in [6, 6.07) is 11.9. The van der Waals surface area contributed by atoms with Gasteiger partial charge in [-0.15, -0.1) is 0 Å². The topological polar surface area (TPSA) is 78.0 Å². The van der Waals surface area contributed by atoms with Gasteiger partial charge in [0.05, 0.1) is 16.5 Å². The first-order chi connectivity index (χ1) is 14.3. The third-order valence-corrected chi connectivity index (χ3v) is 7.46. The lowest BCUT2D eigenvalue weighted by Gasteiger charge is -2.36. The zero-order chi connectivity index (χ0) is 21.5. The fourth-order valence-corrected chi connectivity index (χ4v) is 5.58. The predicted molar refractivity (Wildman–Crippen MR) is 117 cm³/mol. The highest BCUT2D eigenvalue weighted by atomic mass is 35.5. The molecule has 0 N–H and O–H groups in total. The largest absolute Gasteiger partial charge is 0.368 e. The lowest BCUT2D eigenvalue weighted by atomic mass is 10.1. The van der Waals surface area contributed by atoms with Crippen molar-refractivity contribution in [1.29, 1.82) is 0 Å². The van der Waals surface area contributed by atoms with Crippen LogP contribution in [0.4, 0.5) is 11.4 Å². The first-order valence-corrected chi connectivity index (χ1v) is 11.8. The predicted octanol–water partition coefficient (Wildman–Crippen LogP) is 3.02. The van der Waals surface area contributed by atoms with Gasteiger partial charge in [-0.1, -0.05) is 29.3 Å². The number of benzene rings is 2. The fraction of sp³-hybridized carbons (Fsp3) is 0.300. The number of halogens is 2. The van der Waals surface area contributed by atoms with Gasteiger partial charge in [-0.3, -0.25) is 9.59 Å². The highest BCUT2D eigenvalue weighted by Crippen LogP contribution is 2.33. The summed E-state index contributed by atoms with van der Waals surface area (Å²) in [6.07, 6.45) is -0.0949. The van der Waals surface area contributed by atoms with Crippen molar-refractivity contribution in [2.75, 3.05) is 41.1 Å². The fourth-order valence-electron chi connectivity index (χ4n) is 3.67. The Labute approximate surface area is 184 Å². The summed E-state index contributed by atoms with van der Waals surface area (Å²) in [7, 11) is -3.76. The van der Waals surface area contributed by atoms with Crippen LogP contribution in [-0.4, -0.2) is 57.1 Å². The third-order valence-electron chi connectivity index (χ3n) is 5.23. The van der Waals surface area contributed by atoms with Crippen molar-refractivity contribution in [3.8, 4) is 0 Å². The molecular weight excluding hydrogens is 449 g/mol. The van der Waals surface area contributed by atoms with E-state index in [0.717, 1.165) is 5.69 Å². The minimum atomic E-state index is -3.76. The first-order valence-electron chi connectivity index (χ1n) is 9.41. The van der Waals surface area contributed by atoms with Gasteiger partial charge in [0.1, 0.15) is 0 Å². The maximum absolute atomic E-state index is 13.0. The smallest absolute Gasteiger partial charge is 0.254 e. The van der Waals surface area contributed by atoms with Crippen LogP contribution in [0, 0.1) is 0 Å². The molecule has 0 saturated carbocycles. The Morgan fingerprint density at radius 2 is 1.70 bits per heavy atom. The molecule has 0 bridgehead atoms. The second kappa shape index (κ2) is 8.09. The number of hydrogen-bond acceptors (Lipinski definition) is 5. The molecule has 10 heteroatoms. The Balaban J connectivity index is 1.51. The van der Waals surface area contributed by atoms with Crippen molar-refractivity contribution in [2.45, 2.75) is 6.42 Å². The van der Waals surface area contributed by atoms with Crippen molar-refractivity contribution < 1.29 is 18.0 Å². The van der Waals surface area contributed by atoms with Crippen molar-refractivity contribution in [2.24, 2.45) is 0 Å². The number of hydrogen-bond donors (Lipinski definition) is 0. The van der Waals surface area contributed by atoms with Gasteiger partial charge in [-0.2, -0.15) is 0 Å². The van der Waals surface area contributed by atoms with Crippen LogP contribution in [0.2, 0.25) is 10.0 Å². The van der Waals surface area contributed by atoms with E-state index in [0.29, 0.717) is 41.1 Å². The number of carbonyl (C=O) groups excluding carboxylic acids is 2. The molecule has 158 valence electrons. The lowest BCUT2D eigenvalue weighted by molar-refractivity contribution is -0.116. The maximum Gasteiger partial charge on any atom is 0.254 e. The Hall–Kier alpha value is -2.29. The van der Waals surface area contributed by atoms with Gasteiger partial charge in [-0.05, 0) is 36.4 Å². The average Bonchev–Trinajstić information content (AvgIpc) is 3.00. The van der Waals surface area contributed by atoms with E-state index in [9.17, 15) is 18.0 Å². The van der Waals surface area contributed by atoms with Crippen LogP contribution in [0.25, 0.3) is 0 Å². The molecule has 2 aromatic rings. The van der Waals surface area contributed by atoms with Gasteiger partial charge >= 0.3 is 0 Å². The van der Waals surface area contributed by atoms with Crippen molar-refractivity contribution in [3.63, 3.8) is 0 Å². The molecule has 2 aliphatic rings. The third kappa shape index (κ3) is 3.99. The zero-order valence-corrected chi connectivity index (χ0v) is 18.3. The summed E-state index contributed by atoms with van der Waals surface area (Å²) in [5, 5.41) is 0.766. The monoisotopic (exact) mass is 467 g/mol. The van der Waals surface area contributed by atoms with Gasteiger partial charge in [0.2, 0.25) is 15.9 Å². The molecule has 2 fully saturated rings. The van der Waals surface area contributed by atoms with E-state index in [1.807, 2.05) is 24.3 Å². The molecule has 30 heavy (non-hydrogen) atoms. The molecule has 0 atom stereocenters. The van der Waals surface area contributed by atoms with E-state index in [1.165, 1.54) is 12.1 Å². The van der Waals surface area contributed by atoms with E-state index < -0.39 is 15.9 Å². The Kier molecular flexibility index (Phi) is 5.65. The molecule has 7 nitrogen and oxygen atoms in total. The molecule has 2 aliphatic heterocycles. The van der Waals surface area contributed by atoms with Gasteiger partial charge in [-0.25, -0.2) is 12.7 Å². The van der Waals surface area contributed by atoms with Gasteiger partial charge in [0, 0.05) is 48.9 Å². The van der Waals surface area contributed by atoms with Crippen molar-refractivity contribution in [3.05, 3.63) is 58.1 Å². The standard InChI is InChI=1S/C20H19Cl2N3O4S/c21-15-2-1-3-16(13-15)23-7-9-24(10-8-23)20(27)14-4-5-17(22)18(12-14)25-19(26)6-11-30(25,28)29/h1-5,12-13H,6-11H2. The van der Waals surface area contributed by atoms with E-state index in [4.69, 9.17) is 23.2 Å². The van der Waals surface area contributed by atoms with Crippen LogP contribution in [0.1, 0.15) is 16.8 Å². The van der Waals surface area contributed by atoms with Crippen LogP contribution in [0.15, 0.2) is 42.5 Å². The maximum atomic E-state index is 13.0. The molecule has 2 amide bonds. The van der Waals surface area contributed by atoms with E-state index in [-0.39, 0.29) is 28.8 Å². The number of rotatable bonds is 3. The number of amides is 2. The molecule has 2 aromatic carbocycles. The van der Waals surface area contributed by atoms with Gasteiger partial charge < -0.3 is 9.80 Å². The number of anilines is 2. The summed E-state index contributed by atoms with van der Waals surface area (Å²) >= 11 is 12.2. The number of nitrogens with zero attached hydrogens (tertiary/aromatic N) is 3. The normalized spacial score (nSPS) is 18.7. The van der Waals surface area contributed by atoms with E-state index in [1.54, 1.807) is 11.0 Å². The number of sulfonamides is 1. The molecule has 4 rings (SSSR count).